The van der Waals surface area contributed by atoms with Gasteiger partial charge in [-0.2, -0.15) is 0 Å². The largest absolute Gasteiger partial charge is 0.363 e. The summed E-state index contributed by atoms with van der Waals surface area (Å²) >= 11 is 3.50. The van der Waals surface area contributed by atoms with Gasteiger partial charge in [-0.3, -0.25) is 4.79 Å². The molecule has 2 aromatic rings. The normalized spacial score (nSPS) is 10.2. The van der Waals surface area contributed by atoms with Crippen molar-refractivity contribution in [2.45, 2.75) is 6.54 Å². The van der Waals surface area contributed by atoms with Gasteiger partial charge in [0, 0.05) is 5.38 Å². The third-order valence-electron chi connectivity index (χ3n) is 1.72. The van der Waals surface area contributed by atoms with E-state index in [-0.39, 0.29) is 5.56 Å². The molecule has 0 atom stereocenters. The van der Waals surface area contributed by atoms with Gasteiger partial charge in [0.25, 0.3) is 5.56 Å². The Balaban J connectivity index is 2.12. The van der Waals surface area contributed by atoms with E-state index in [2.05, 4.69) is 20.3 Å². The standard InChI is InChI=1S/C8H7IN4OS/c9-6-7(11-3-12-8(6)14)10-1-5-2-15-4-13-5/h2-4H,1H2,(H2,10,11,12,14). The Morgan fingerprint density at radius 1 is 1.53 bits per heavy atom. The van der Waals surface area contributed by atoms with Gasteiger partial charge >= 0.3 is 0 Å². The summed E-state index contributed by atoms with van der Waals surface area (Å²) in [5.41, 5.74) is 2.58. The second-order valence-electron chi connectivity index (χ2n) is 2.73. The van der Waals surface area contributed by atoms with Crippen molar-refractivity contribution in [3.05, 3.63) is 36.8 Å². The van der Waals surface area contributed by atoms with Crippen LogP contribution < -0.4 is 10.9 Å². The molecule has 5 nitrogen and oxygen atoms in total. The summed E-state index contributed by atoms with van der Waals surface area (Å²) in [6.45, 7) is 0.579. The first kappa shape index (κ1) is 10.6. The van der Waals surface area contributed by atoms with Gasteiger partial charge in [-0.05, 0) is 22.6 Å². The Morgan fingerprint density at radius 2 is 2.40 bits per heavy atom. The molecule has 0 fully saturated rings. The highest BCUT2D eigenvalue weighted by Gasteiger charge is 2.04. The summed E-state index contributed by atoms with van der Waals surface area (Å²) < 4.78 is 0.560. The molecule has 0 spiro atoms. The van der Waals surface area contributed by atoms with Crippen molar-refractivity contribution in [2.24, 2.45) is 0 Å². The van der Waals surface area contributed by atoms with Crippen LogP contribution in [-0.4, -0.2) is 15.0 Å². The number of halogens is 1. The quantitative estimate of drug-likeness (QED) is 0.834. The third-order valence-corrected chi connectivity index (χ3v) is 3.35. The molecule has 7 heteroatoms. The molecular formula is C8H7IN4OS. The molecule has 2 rings (SSSR count). The maximum absolute atomic E-state index is 11.2. The van der Waals surface area contributed by atoms with Crippen molar-refractivity contribution < 1.29 is 0 Å². The SMILES string of the molecule is O=c1[nH]cnc(NCc2cscn2)c1I. The summed E-state index contributed by atoms with van der Waals surface area (Å²) in [7, 11) is 0. The maximum Gasteiger partial charge on any atom is 0.266 e. The highest BCUT2D eigenvalue weighted by atomic mass is 127. The first-order valence-corrected chi connectivity index (χ1v) is 6.13. The van der Waals surface area contributed by atoms with E-state index in [9.17, 15) is 4.79 Å². The van der Waals surface area contributed by atoms with Crippen LogP contribution in [0.1, 0.15) is 5.69 Å². The first-order valence-electron chi connectivity index (χ1n) is 4.11. The van der Waals surface area contributed by atoms with E-state index in [0.29, 0.717) is 15.9 Å². The van der Waals surface area contributed by atoms with Gasteiger partial charge in [-0.25, -0.2) is 9.97 Å². The van der Waals surface area contributed by atoms with Gasteiger partial charge < -0.3 is 10.3 Å². The van der Waals surface area contributed by atoms with Crippen LogP contribution in [0.2, 0.25) is 0 Å². The van der Waals surface area contributed by atoms with Crippen molar-refractivity contribution >= 4 is 39.7 Å². The number of nitrogens with one attached hydrogen (secondary N) is 2. The van der Waals surface area contributed by atoms with Crippen molar-refractivity contribution in [3.63, 3.8) is 0 Å². The van der Waals surface area contributed by atoms with Crippen LogP contribution in [0.3, 0.4) is 0 Å². The van der Waals surface area contributed by atoms with Crippen molar-refractivity contribution in [1.82, 2.24) is 15.0 Å². The molecular weight excluding hydrogens is 327 g/mol. The molecule has 78 valence electrons. The van der Waals surface area contributed by atoms with Crippen LogP contribution in [0.25, 0.3) is 0 Å². The monoisotopic (exact) mass is 334 g/mol. The summed E-state index contributed by atoms with van der Waals surface area (Å²) in [5, 5.41) is 5.01. The highest BCUT2D eigenvalue weighted by Crippen LogP contribution is 2.10. The Kier molecular flexibility index (Phi) is 3.31. The lowest BCUT2D eigenvalue weighted by Gasteiger charge is -2.03. The van der Waals surface area contributed by atoms with Gasteiger partial charge in [-0.1, -0.05) is 0 Å². The van der Waals surface area contributed by atoms with Crippen LogP contribution in [0, 0.1) is 3.57 Å². The maximum atomic E-state index is 11.2. The lowest BCUT2D eigenvalue weighted by molar-refractivity contribution is 1.02. The predicted molar refractivity (Wildman–Crippen MR) is 67.0 cm³/mol. The second kappa shape index (κ2) is 4.71. The van der Waals surface area contributed by atoms with Crippen LogP contribution in [0.4, 0.5) is 5.82 Å². The van der Waals surface area contributed by atoms with E-state index in [1.807, 2.05) is 28.0 Å². The Bertz CT molecular complexity index is 496. The van der Waals surface area contributed by atoms with E-state index >= 15 is 0 Å². The molecule has 0 radical (unpaired) electrons. The van der Waals surface area contributed by atoms with Gasteiger partial charge in [0.1, 0.15) is 9.39 Å². The van der Waals surface area contributed by atoms with Crippen molar-refractivity contribution in [1.29, 1.82) is 0 Å². The van der Waals surface area contributed by atoms with Crippen molar-refractivity contribution in [3.8, 4) is 0 Å². The number of hydrogen-bond donors (Lipinski definition) is 2. The zero-order valence-electron chi connectivity index (χ0n) is 7.53. The molecule has 2 aromatic heterocycles. The van der Waals surface area contributed by atoms with Crippen LogP contribution >= 0.6 is 33.9 Å². The van der Waals surface area contributed by atoms with Crippen LogP contribution in [0.5, 0.6) is 0 Å². The number of aromatic amines is 1. The summed E-state index contributed by atoms with van der Waals surface area (Å²) in [6, 6.07) is 0. The average molecular weight is 334 g/mol. The fourth-order valence-electron chi connectivity index (χ4n) is 1.01. The van der Waals surface area contributed by atoms with Gasteiger partial charge in [0.05, 0.1) is 24.1 Å². The lowest BCUT2D eigenvalue weighted by Crippen LogP contribution is -2.14. The zero-order valence-corrected chi connectivity index (χ0v) is 10.5. The topological polar surface area (TPSA) is 70.7 Å². The van der Waals surface area contributed by atoms with Gasteiger partial charge in [-0.15, -0.1) is 11.3 Å². The van der Waals surface area contributed by atoms with E-state index in [0.717, 1.165) is 5.69 Å². The Labute approximate surface area is 103 Å². The molecule has 0 aromatic carbocycles. The molecule has 2 N–H and O–H groups in total. The van der Waals surface area contributed by atoms with Crippen LogP contribution in [-0.2, 0) is 6.54 Å². The fourth-order valence-corrected chi connectivity index (χ4v) is 2.05. The Morgan fingerprint density at radius 3 is 3.13 bits per heavy atom. The molecule has 0 saturated heterocycles. The van der Waals surface area contributed by atoms with Crippen molar-refractivity contribution in [2.75, 3.05) is 5.32 Å². The highest BCUT2D eigenvalue weighted by molar-refractivity contribution is 14.1. The summed E-state index contributed by atoms with van der Waals surface area (Å²) in [5.74, 6) is 0.590. The summed E-state index contributed by atoms with van der Waals surface area (Å²) in [6.07, 6.45) is 1.38. The smallest absolute Gasteiger partial charge is 0.266 e. The third kappa shape index (κ3) is 2.53. The summed E-state index contributed by atoms with van der Waals surface area (Å²) in [4.78, 5) is 21.9. The molecule has 0 amide bonds. The molecule has 0 aliphatic heterocycles. The molecule has 0 aliphatic carbocycles. The number of rotatable bonds is 3. The van der Waals surface area contributed by atoms with E-state index in [1.54, 1.807) is 16.8 Å². The molecule has 0 bridgehead atoms. The number of thiazole rings is 1. The van der Waals surface area contributed by atoms with E-state index in [4.69, 9.17) is 0 Å². The predicted octanol–water partition coefficient (Wildman–Crippen LogP) is 1.44. The molecule has 0 aliphatic rings. The fraction of sp³-hybridized carbons (Fsp3) is 0.125. The van der Waals surface area contributed by atoms with Gasteiger partial charge in [0.15, 0.2) is 0 Å². The number of nitrogens with zero attached hydrogens (tertiary/aromatic N) is 2. The Hall–Kier alpha value is -0.960. The van der Waals surface area contributed by atoms with Gasteiger partial charge in [0.2, 0.25) is 0 Å². The minimum absolute atomic E-state index is 0.133. The number of hydrogen-bond acceptors (Lipinski definition) is 5. The zero-order chi connectivity index (χ0) is 10.7. The lowest BCUT2D eigenvalue weighted by atomic mass is 10.4. The van der Waals surface area contributed by atoms with Crippen LogP contribution in [0.15, 0.2) is 22.0 Å². The first-order chi connectivity index (χ1) is 7.27. The molecule has 15 heavy (non-hydrogen) atoms. The second-order valence-corrected chi connectivity index (χ2v) is 4.53. The number of aromatic nitrogens is 3. The van der Waals surface area contributed by atoms with E-state index < -0.39 is 0 Å². The number of H-pyrrole nitrogens is 1. The molecule has 0 unspecified atom stereocenters. The molecule has 0 saturated carbocycles. The minimum atomic E-state index is -0.133. The number of anilines is 1. The van der Waals surface area contributed by atoms with E-state index in [1.165, 1.54) is 6.33 Å². The average Bonchev–Trinajstić information content (AvgIpc) is 2.73. The molecule has 2 heterocycles. The minimum Gasteiger partial charge on any atom is -0.363 e.